The average Bonchev–Trinajstić information content (AvgIpc) is 3.55. The van der Waals surface area contributed by atoms with Crippen molar-refractivity contribution >= 4 is 33.3 Å². The quantitative estimate of drug-likeness (QED) is 0.192. The summed E-state index contributed by atoms with van der Waals surface area (Å²) in [5.74, 6) is 0.0698. The second-order valence-electron chi connectivity index (χ2n) is 17.5. The summed E-state index contributed by atoms with van der Waals surface area (Å²) < 4.78 is 6.62. The van der Waals surface area contributed by atoms with Crippen LogP contribution in [0.3, 0.4) is 0 Å². The van der Waals surface area contributed by atoms with Gasteiger partial charge in [-0.25, -0.2) is 0 Å². The molecule has 3 aromatic carbocycles. The summed E-state index contributed by atoms with van der Waals surface area (Å²) in [6.45, 7) is 4.91. The summed E-state index contributed by atoms with van der Waals surface area (Å²) >= 11 is 0. The second-order valence-corrected chi connectivity index (χ2v) is 17.5. The molecule has 6 aliphatic carbocycles. The largest absolute Gasteiger partial charge is 0.456 e. The van der Waals surface area contributed by atoms with Gasteiger partial charge in [-0.05, 0) is 120 Å². The maximum Gasteiger partial charge on any atom is 0.202 e. The Morgan fingerprint density at radius 3 is 2.46 bits per heavy atom. The first-order valence-corrected chi connectivity index (χ1v) is 21.1. The molecule has 0 amide bonds. The average molecular weight is 743 g/mol. The number of benzene rings is 3. The third-order valence-electron chi connectivity index (χ3n) is 14.4. The van der Waals surface area contributed by atoms with Gasteiger partial charge in [-0.2, -0.15) is 0 Å². The molecular weight excluding hydrogens is 697 g/mol. The van der Waals surface area contributed by atoms with Crippen molar-refractivity contribution < 1.29 is 4.42 Å². The van der Waals surface area contributed by atoms with Gasteiger partial charge >= 0.3 is 0 Å². The molecule has 12 rings (SSSR count). The first-order chi connectivity index (χ1) is 28.0. The summed E-state index contributed by atoms with van der Waals surface area (Å²) in [5, 5.41) is 1.28. The number of nitrogens with zero attached hydrogens (tertiary/aromatic N) is 2. The molecule has 280 valence electrons. The molecule has 4 aromatic rings. The van der Waals surface area contributed by atoms with Gasteiger partial charge in [0.15, 0.2) is 0 Å². The fourth-order valence-electron chi connectivity index (χ4n) is 12.3. The Morgan fingerprint density at radius 1 is 0.737 bits per heavy atom. The minimum Gasteiger partial charge on any atom is -0.456 e. The van der Waals surface area contributed by atoms with Gasteiger partial charge in [0, 0.05) is 28.4 Å². The third kappa shape index (κ3) is 4.31. The summed E-state index contributed by atoms with van der Waals surface area (Å²) in [7, 11) is 0. The van der Waals surface area contributed by atoms with Crippen molar-refractivity contribution in [3.8, 4) is 0 Å². The standard InChI is InChI=1S/C53H46N2O2/c1-52(2)39-24-11-13-26-42(39)54(33-17-4-3-5-18-33)45-32-31-41-50(49(45)52)55(44-28-16-30-47-48(44)51(56)36-21-8-15-29-46(36)57-47)43-27-14-12-25-40(43)53(41)37-22-9-6-19-34(37)35-20-7-10-23-38(35)53/h3-6,8,10-11,13,15-17,19,21,23-33,41,50H,7,9,12,14,18,20,22H2,1-2H3. The Kier molecular flexibility index (Phi) is 7.05. The number of rotatable bonds is 2. The molecule has 4 atom stereocenters. The molecular formula is C53H46N2O2. The lowest BCUT2D eigenvalue weighted by Gasteiger charge is -2.61. The van der Waals surface area contributed by atoms with Crippen LogP contribution >= 0.6 is 0 Å². The van der Waals surface area contributed by atoms with E-state index in [4.69, 9.17) is 4.42 Å². The molecule has 4 nitrogen and oxygen atoms in total. The van der Waals surface area contributed by atoms with Crippen LogP contribution in [0, 0.1) is 11.3 Å². The summed E-state index contributed by atoms with van der Waals surface area (Å²) in [5.41, 5.74) is 15.7. The smallest absolute Gasteiger partial charge is 0.202 e. The van der Waals surface area contributed by atoms with Gasteiger partial charge in [0.25, 0.3) is 0 Å². The Balaban J connectivity index is 1.21. The van der Waals surface area contributed by atoms with E-state index in [9.17, 15) is 4.79 Å². The van der Waals surface area contributed by atoms with Crippen molar-refractivity contribution in [3.05, 3.63) is 200 Å². The normalized spacial score (nSPS) is 27.7. The second kappa shape index (κ2) is 12.1. The van der Waals surface area contributed by atoms with E-state index in [1.54, 1.807) is 11.1 Å². The number of fused-ring (bicyclic) bond motifs is 11. The Labute approximate surface area is 334 Å². The zero-order valence-electron chi connectivity index (χ0n) is 32.7. The van der Waals surface area contributed by atoms with E-state index >= 15 is 0 Å². The SMILES string of the molecule is CC1(C)C2=C(C=CC3C2N(c2cccc4oc5ccccc5c(=O)c24)C2=CCCC=C2C32C3=C(CCC=C3)C3=C2CCC=C3)N(C2C=CC=CC2)c2ccccc21. The maximum atomic E-state index is 14.9. The van der Waals surface area contributed by atoms with Crippen LogP contribution in [0.15, 0.2) is 194 Å². The van der Waals surface area contributed by atoms with Gasteiger partial charge in [-0.1, -0.05) is 117 Å². The molecule has 4 unspecified atom stereocenters. The number of hydrogen-bond acceptors (Lipinski definition) is 4. The van der Waals surface area contributed by atoms with Crippen LogP contribution < -0.4 is 15.2 Å². The molecule has 0 N–H and O–H groups in total. The number of piperidine rings is 1. The van der Waals surface area contributed by atoms with Gasteiger partial charge in [-0.15, -0.1) is 0 Å². The van der Waals surface area contributed by atoms with Crippen molar-refractivity contribution in [3.63, 3.8) is 0 Å². The van der Waals surface area contributed by atoms with Crippen LogP contribution in [0.5, 0.6) is 0 Å². The van der Waals surface area contributed by atoms with Crippen molar-refractivity contribution in [2.45, 2.75) is 76.3 Å². The van der Waals surface area contributed by atoms with Gasteiger partial charge < -0.3 is 14.2 Å². The van der Waals surface area contributed by atoms with E-state index in [-0.39, 0.29) is 34.3 Å². The summed E-state index contributed by atoms with van der Waals surface area (Å²) in [6, 6.07) is 23.2. The lowest BCUT2D eigenvalue weighted by molar-refractivity contribution is 0.286. The number of anilines is 2. The minimum atomic E-state index is -0.329. The number of hydrogen-bond donors (Lipinski definition) is 0. The molecule has 3 heterocycles. The van der Waals surface area contributed by atoms with Gasteiger partial charge in [0.1, 0.15) is 11.2 Å². The van der Waals surface area contributed by atoms with Crippen molar-refractivity contribution in [1.29, 1.82) is 0 Å². The van der Waals surface area contributed by atoms with E-state index < -0.39 is 0 Å². The van der Waals surface area contributed by atoms with Crippen molar-refractivity contribution in [2.75, 3.05) is 9.80 Å². The Bertz CT molecular complexity index is 2860. The molecule has 57 heavy (non-hydrogen) atoms. The number of para-hydroxylation sites is 2. The van der Waals surface area contributed by atoms with Crippen LogP contribution in [0.4, 0.5) is 11.4 Å². The molecule has 4 heteroatoms. The zero-order valence-corrected chi connectivity index (χ0v) is 32.7. The predicted molar refractivity (Wildman–Crippen MR) is 233 cm³/mol. The molecule has 0 bridgehead atoms. The Hall–Kier alpha value is -5.87. The molecule has 1 aromatic heterocycles. The molecule has 1 spiro atoms. The topological polar surface area (TPSA) is 36.7 Å². The van der Waals surface area contributed by atoms with E-state index in [0.717, 1.165) is 50.6 Å². The first-order valence-electron chi connectivity index (χ1n) is 21.1. The lowest BCUT2D eigenvalue weighted by Crippen LogP contribution is -2.60. The lowest BCUT2D eigenvalue weighted by atomic mass is 9.51. The van der Waals surface area contributed by atoms with Crippen molar-refractivity contribution in [1.82, 2.24) is 0 Å². The molecule has 1 fully saturated rings. The van der Waals surface area contributed by atoms with Crippen LogP contribution in [-0.2, 0) is 5.41 Å². The third-order valence-corrected chi connectivity index (χ3v) is 14.4. The predicted octanol–water partition coefficient (Wildman–Crippen LogP) is 12.2. The van der Waals surface area contributed by atoms with Crippen molar-refractivity contribution in [2.24, 2.45) is 11.3 Å². The highest BCUT2D eigenvalue weighted by Gasteiger charge is 2.63. The van der Waals surface area contributed by atoms with Crippen LogP contribution in [0.1, 0.15) is 64.4 Å². The van der Waals surface area contributed by atoms with Gasteiger partial charge in [-0.3, -0.25) is 4.79 Å². The van der Waals surface area contributed by atoms with Gasteiger partial charge in [0.2, 0.25) is 5.43 Å². The highest BCUT2D eigenvalue weighted by Crippen LogP contribution is 2.69. The van der Waals surface area contributed by atoms with Gasteiger partial charge in [0.05, 0.1) is 34.0 Å². The molecule has 0 saturated carbocycles. The highest BCUT2D eigenvalue weighted by molar-refractivity contribution is 5.99. The van der Waals surface area contributed by atoms with E-state index in [1.807, 2.05) is 30.3 Å². The molecule has 1 saturated heterocycles. The maximum absolute atomic E-state index is 14.9. The first kappa shape index (κ1) is 33.3. The Morgan fingerprint density at radius 2 is 1.54 bits per heavy atom. The summed E-state index contributed by atoms with van der Waals surface area (Å²) in [4.78, 5) is 20.2. The monoisotopic (exact) mass is 742 g/mol. The van der Waals surface area contributed by atoms with E-state index in [1.165, 1.54) is 44.9 Å². The fourth-order valence-corrected chi connectivity index (χ4v) is 12.3. The van der Waals surface area contributed by atoms with Crippen LogP contribution in [0.2, 0.25) is 0 Å². The molecule has 0 radical (unpaired) electrons. The van der Waals surface area contributed by atoms with Crippen LogP contribution in [0.25, 0.3) is 21.9 Å². The molecule has 8 aliphatic rings. The number of allylic oxidation sites excluding steroid dienone is 14. The fraction of sp³-hybridized carbons (Fsp3) is 0.264. The van der Waals surface area contributed by atoms with Crippen LogP contribution in [-0.4, -0.2) is 12.1 Å². The van der Waals surface area contributed by atoms with E-state index in [0.29, 0.717) is 21.9 Å². The molecule has 2 aliphatic heterocycles. The minimum absolute atomic E-state index is 0.0271. The zero-order chi connectivity index (χ0) is 38.0. The summed E-state index contributed by atoms with van der Waals surface area (Å²) in [6.07, 6.45) is 36.2. The van der Waals surface area contributed by atoms with E-state index in [2.05, 4.69) is 133 Å². The highest BCUT2D eigenvalue weighted by atomic mass is 16.3.